The molecule has 0 fully saturated rings. The topological polar surface area (TPSA) is 79.5 Å². The molecule has 3 heterocycles. The van der Waals surface area contributed by atoms with E-state index in [9.17, 15) is 4.79 Å². The van der Waals surface area contributed by atoms with Gasteiger partial charge in [-0.25, -0.2) is 9.78 Å². The predicted octanol–water partition coefficient (Wildman–Crippen LogP) is 2.34. The Morgan fingerprint density at radius 2 is 2.30 bits per heavy atom. The van der Waals surface area contributed by atoms with Crippen molar-refractivity contribution in [3.63, 3.8) is 0 Å². The first-order chi connectivity index (χ1) is 9.47. The van der Waals surface area contributed by atoms with Gasteiger partial charge in [0.1, 0.15) is 9.71 Å². The van der Waals surface area contributed by atoms with Gasteiger partial charge in [-0.3, -0.25) is 4.90 Å². The van der Waals surface area contributed by atoms with Crippen LogP contribution >= 0.6 is 11.3 Å². The van der Waals surface area contributed by atoms with E-state index >= 15 is 0 Å². The number of hydrogen-bond acceptors (Lipinski definition) is 5. The van der Waals surface area contributed by atoms with Crippen LogP contribution in [-0.4, -0.2) is 33.5 Å². The lowest BCUT2D eigenvalue weighted by Gasteiger charge is -2.31. The van der Waals surface area contributed by atoms with E-state index in [-0.39, 0.29) is 4.88 Å². The van der Waals surface area contributed by atoms with Crippen LogP contribution in [0.5, 0.6) is 0 Å². The lowest BCUT2D eigenvalue weighted by atomic mass is 10.0. The maximum Gasteiger partial charge on any atom is 0.348 e. The number of fused-ring (bicyclic) bond motifs is 2. The summed E-state index contributed by atoms with van der Waals surface area (Å²) in [5.41, 5.74) is 8.53. The van der Waals surface area contributed by atoms with Crippen LogP contribution in [0.2, 0.25) is 0 Å². The molecule has 0 atom stereocenters. The van der Waals surface area contributed by atoms with Crippen molar-refractivity contribution in [1.82, 2.24) is 9.88 Å². The fraction of sp³-hybridized carbons (Fsp3) is 0.429. The molecule has 6 heteroatoms. The molecule has 2 aromatic rings. The Morgan fingerprint density at radius 1 is 1.55 bits per heavy atom. The van der Waals surface area contributed by atoms with E-state index in [0.29, 0.717) is 11.7 Å². The largest absolute Gasteiger partial charge is 0.477 e. The van der Waals surface area contributed by atoms with Gasteiger partial charge in [0, 0.05) is 36.6 Å². The predicted molar refractivity (Wildman–Crippen MR) is 80.2 cm³/mol. The van der Waals surface area contributed by atoms with Gasteiger partial charge >= 0.3 is 5.97 Å². The van der Waals surface area contributed by atoms with Crippen molar-refractivity contribution >= 4 is 33.2 Å². The number of pyridine rings is 1. The van der Waals surface area contributed by atoms with Crippen molar-refractivity contribution in [2.24, 2.45) is 0 Å². The minimum atomic E-state index is -0.979. The third-order valence-electron chi connectivity index (χ3n) is 3.82. The lowest BCUT2D eigenvalue weighted by Crippen LogP contribution is -2.36. The zero-order valence-corrected chi connectivity index (χ0v) is 12.3. The molecule has 2 aromatic heterocycles. The summed E-state index contributed by atoms with van der Waals surface area (Å²) in [6.45, 7) is 6.21. The van der Waals surface area contributed by atoms with Gasteiger partial charge in [0.15, 0.2) is 0 Å². The maximum absolute atomic E-state index is 11.1. The zero-order chi connectivity index (χ0) is 14.4. The number of carboxylic acids is 1. The summed E-state index contributed by atoms with van der Waals surface area (Å²) in [6, 6.07) is 2.51. The normalized spacial score (nSPS) is 15.8. The first-order valence-corrected chi connectivity index (χ1v) is 7.47. The Bertz CT molecular complexity index is 693. The molecular weight excluding hydrogens is 274 g/mol. The summed E-state index contributed by atoms with van der Waals surface area (Å²) in [6.07, 6.45) is 0.906. The quantitative estimate of drug-likeness (QED) is 0.888. The smallest absolute Gasteiger partial charge is 0.348 e. The average Bonchev–Trinajstić information content (AvgIpc) is 2.73. The third-order valence-corrected chi connectivity index (χ3v) is 4.93. The van der Waals surface area contributed by atoms with Gasteiger partial charge in [-0.15, -0.1) is 11.3 Å². The van der Waals surface area contributed by atoms with Crippen molar-refractivity contribution in [2.75, 3.05) is 12.3 Å². The molecule has 3 N–H and O–H groups in total. The summed E-state index contributed by atoms with van der Waals surface area (Å²) in [4.78, 5) is 19.1. The van der Waals surface area contributed by atoms with Gasteiger partial charge in [0.05, 0.1) is 5.69 Å². The van der Waals surface area contributed by atoms with Crippen LogP contribution in [0.4, 0.5) is 5.69 Å². The first-order valence-electron chi connectivity index (χ1n) is 6.65. The second-order valence-corrected chi connectivity index (χ2v) is 6.41. The second-order valence-electron chi connectivity index (χ2n) is 5.41. The SMILES string of the molecule is CC(C)N1CCc2nc3sc(C(=O)O)c(N)c3cc2C1. The van der Waals surface area contributed by atoms with E-state index in [0.717, 1.165) is 46.8 Å². The van der Waals surface area contributed by atoms with E-state index < -0.39 is 5.97 Å². The van der Waals surface area contributed by atoms with Crippen LogP contribution < -0.4 is 5.73 Å². The Hall–Kier alpha value is -1.66. The molecule has 0 aromatic carbocycles. The van der Waals surface area contributed by atoms with E-state index in [1.165, 1.54) is 5.56 Å². The number of carboxylic acid groups (broad SMARTS) is 1. The fourth-order valence-corrected chi connectivity index (χ4v) is 3.55. The maximum atomic E-state index is 11.1. The molecule has 3 rings (SSSR count). The van der Waals surface area contributed by atoms with Crippen LogP contribution in [-0.2, 0) is 13.0 Å². The van der Waals surface area contributed by atoms with Gasteiger partial charge in [-0.1, -0.05) is 0 Å². The highest BCUT2D eigenvalue weighted by Gasteiger charge is 2.23. The van der Waals surface area contributed by atoms with Crippen molar-refractivity contribution in [2.45, 2.75) is 32.9 Å². The highest BCUT2D eigenvalue weighted by atomic mass is 32.1. The van der Waals surface area contributed by atoms with E-state index in [1.54, 1.807) is 0 Å². The summed E-state index contributed by atoms with van der Waals surface area (Å²) < 4.78 is 0. The highest BCUT2D eigenvalue weighted by molar-refractivity contribution is 7.21. The lowest BCUT2D eigenvalue weighted by molar-refractivity contribution is 0.0703. The van der Waals surface area contributed by atoms with Crippen molar-refractivity contribution < 1.29 is 9.90 Å². The molecule has 20 heavy (non-hydrogen) atoms. The van der Waals surface area contributed by atoms with Crippen molar-refractivity contribution in [1.29, 1.82) is 0 Å². The molecule has 1 aliphatic heterocycles. The number of aromatic nitrogens is 1. The number of nitrogens with two attached hydrogens (primary N) is 1. The van der Waals surface area contributed by atoms with Crippen LogP contribution in [0.15, 0.2) is 6.07 Å². The molecule has 106 valence electrons. The number of nitrogens with zero attached hydrogens (tertiary/aromatic N) is 2. The Morgan fingerprint density at radius 3 is 2.95 bits per heavy atom. The molecule has 0 spiro atoms. The van der Waals surface area contributed by atoms with Gasteiger partial charge in [0.2, 0.25) is 0 Å². The van der Waals surface area contributed by atoms with E-state index in [1.807, 2.05) is 6.07 Å². The summed E-state index contributed by atoms with van der Waals surface area (Å²) in [5, 5.41) is 9.92. The molecule has 0 unspecified atom stereocenters. The molecule has 0 saturated heterocycles. The molecular formula is C14H17N3O2S. The van der Waals surface area contributed by atoms with Crippen LogP contribution in [0.3, 0.4) is 0 Å². The van der Waals surface area contributed by atoms with Crippen molar-refractivity contribution in [3.8, 4) is 0 Å². The zero-order valence-electron chi connectivity index (χ0n) is 11.5. The fourth-order valence-electron chi connectivity index (χ4n) is 2.62. The molecule has 5 nitrogen and oxygen atoms in total. The molecule has 1 aliphatic rings. The van der Waals surface area contributed by atoms with Gasteiger partial charge in [-0.2, -0.15) is 0 Å². The number of hydrogen-bond donors (Lipinski definition) is 2. The molecule has 0 radical (unpaired) electrons. The number of carbonyl (C=O) groups is 1. The van der Waals surface area contributed by atoms with Crippen LogP contribution in [0.25, 0.3) is 10.2 Å². The van der Waals surface area contributed by atoms with E-state index in [4.69, 9.17) is 10.8 Å². The van der Waals surface area contributed by atoms with Crippen molar-refractivity contribution in [3.05, 3.63) is 22.2 Å². The number of nitrogen functional groups attached to an aromatic ring is 1. The summed E-state index contributed by atoms with van der Waals surface area (Å²) >= 11 is 1.16. The van der Waals surface area contributed by atoms with Gasteiger partial charge < -0.3 is 10.8 Å². The Kier molecular flexibility index (Phi) is 3.14. The molecule has 0 saturated carbocycles. The minimum Gasteiger partial charge on any atom is -0.477 e. The third kappa shape index (κ3) is 2.05. The summed E-state index contributed by atoms with van der Waals surface area (Å²) in [7, 11) is 0. The minimum absolute atomic E-state index is 0.190. The van der Waals surface area contributed by atoms with Gasteiger partial charge in [-0.05, 0) is 25.5 Å². The highest BCUT2D eigenvalue weighted by Crippen LogP contribution is 2.35. The molecule has 0 amide bonds. The van der Waals surface area contributed by atoms with E-state index in [2.05, 4.69) is 23.7 Å². The number of rotatable bonds is 2. The van der Waals surface area contributed by atoms with Gasteiger partial charge in [0.25, 0.3) is 0 Å². The van der Waals surface area contributed by atoms with Crippen LogP contribution in [0, 0.1) is 0 Å². The number of aromatic carboxylic acids is 1. The monoisotopic (exact) mass is 291 g/mol. The first kappa shape index (κ1) is 13.3. The number of anilines is 1. The Labute approximate surface area is 121 Å². The Balaban J connectivity index is 2.10. The number of thiophene rings is 1. The second kappa shape index (κ2) is 4.71. The average molecular weight is 291 g/mol. The standard InChI is InChI=1S/C14H17N3O2S/c1-7(2)17-4-3-10-8(6-17)5-9-11(15)12(14(18)19)20-13(9)16-10/h5,7H,3-4,6,15H2,1-2H3,(H,18,19). The van der Waals surface area contributed by atoms with Crippen LogP contribution in [0.1, 0.15) is 34.8 Å². The summed E-state index contributed by atoms with van der Waals surface area (Å²) in [5.74, 6) is -0.979. The molecule has 0 aliphatic carbocycles. The molecule has 0 bridgehead atoms.